The van der Waals surface area contributed by atoms with E-state index in [-0.39, 0.29) is 13.2 Å². The summed E-state index contributed by atoms with van der Waals surface area (Å²) in [7, 11) is -4.59. The van der Waals surface area contributed by atoms with Crippen LogP contribution in [0.2, 0.25) is 0 Å². The normalized spacial score (nSPS) is 16.0. The molecule has 0 amide bonds. The lowest BCUT2D eigenvalue weighted by molar-refractivity contribution is 0.0999. The monoisotopic (exact) mass is 491 g/mol. The summed E-state index contributed by atoms with van der Waals surface area (Å²) in [6, 6.07) is 8.74. The molecule has 1 atom stereocenters. The Bertz CT molecular complexity index is 872. The quantitative estimate of drug-likeness (QED) is 0.171. The van der Waals surface area contributed by atoms with Crippen LogP contribution in [0, 0.1) is 0 Å². The molecule has 6 nitrogen and oxygen atoms in total. The van der Waals surface area contributed by atoms with Crippen LogP contribution < -0.4 is 5.73 Å². The van der Waals surface area contributed by atoms with E-state index in [1.807, 2.05) is 0 Å². The lowest BCUT2D eigenvalue weighted by atomic mass is 9.94. The molecule has 0 spiro atoms. The van der Waals surface area contributed by atoms with E-state index in [0.717, 1.165) is 38.5 Å². The van der Waals surface area contributed by atoms with Crippen LogP contribution in [0.5, 0.6) is 0 Å². The molecule has 190 valence electrons. The van der Waals surface area contributed by atoms with Gasteiger partial charge in [-0.1, -0.05) is 93.2 Å². The van der Waals surface area contributed by atoms with Gasteiger partial charge < -0.3 is 20.6 Å². The topological polar surface area (TPSA) is 113 Å². The van der Waals surface area contributed by atoms with Gasteiger partial charge in [0.2, 0.25) is 0 Å². The molecule has 0 saturated heterocycles. The summed E-state index contributed by atoms with van der Waals surface area (Å²) in [5.74, 6) is 0. The average molecular weight is 492 g/mol. The number of aliphatic hydroxyl groups is 1. The Kier molecular flexibility index (Phi) is 12.5. The number of nitrogens with two attached hydrogens (primary N) is 1. The fraction of sp³-hybridized carbons (Fsp3) is 0.556. The summed E-state index contributed by atoms with van der Waals surface area (Å²) in [6.07, 6.45) is 20.5. The van der Waals surface area contributed by atoms with Crippen LogP contribution in [0.4, 0.5) is 0 Å². The van der Waals surface area contributed by atoms with Crippen molar-refractivity contribution in [1.29, 1.82) is 0 Å². The van der Waals surface area contributed by atoms with Gasteiger partial charge in [0, 0.05) is 0 Å². The molecule has 5 N–H and O–H groups in total. The van der Waals surface area contributed by atoms with E-state index in [2.05, 4.69) is 60.0 Å². The van der Waals surface area contributed by atoms with Crippen molar-refractivity contribution in [3.63, 3.8) is 0 Å². The summed E-state index contributed by atoms with van der Waals surface area (Å²) in [5, 5.41) is 9.47. The van der Waals surface area contributed by atoms with E-state index >= 15 is 0 Å². The van der Waals surface area contributed by atoms with Gasteiger partial charge in [-0.3, -0.25) is 4.52 Å². The highest BCUT2D eigenvalue weighted by molar-refractivity contribution is 7.46. The minimum absolute atomic E-state index is 0.366. The Morgan fingerprint density at radius 2 is 1.68 bits per heavy atom. The van der Waals surface area contributed by atoms with Gasteiger partial charge in [0.05, 0.1) is 18.8 Å². The second-order valence-electron chi connectivity index (χ2n) is 9.36. The molecule has 2 rings (SSSR count). The fourth-order valence-electron chi connectivity index (χ4n) is 4.08. The lowest BCUT2D eigenvalue weighted by Gasteiger charge is -2.26. The van der Waals surface area contributed by atoms with Gasteiger partial charge in [0.25, 0.3) is 0 Å². The highest BCUT2D eigenvalue weighted by Crippen LogP contribution is 2.37. The first-order valence-electron chi connectivity index (χ1n) is 12.5. The fourth-order valence-corrected chi connectivity index (χ4v) is 4.51. The molecule has 34 heavy (non-hydrogen) atoms. The van der Waals surface area contributed by atoms with Gasteiger partial charge in [-0.2, -0.15) is 0 Å². The van der Waals surface area contributed by atoms with Crippen molar-refractivity contribution in [2.45, 2.75) is 83.1 Å². The largest absolute Gasteiger partial charge is 0.469 e. The van der Waals surface area contributed by atoms with E-state index in [9.17, 15) is 9.67 Å². The minimum Gasteiger partial charge on any atom is -0.394 e. The number of hydrogen-bond donors (Lipinski definition) is 4. The number of hydrogen-bond acceptors (Lipinski definition) is 4. The molecule has 1 aromatic rings. The first-order chi connectivity index (χ1) is 16.2. The molecule has 1 aromatic carbocycles. The summed E-state index contributed by atoms with van der Waals surface area (Å²) in [4.78, 5) is 17.7. The first-order valence-corrected chi connectivity index (χ1v) is 14.0. The van der Waals surface area contributed by atoms with E-state index in [1.165, 1.54) is 48.0 Å². The van der Waals surface area contributed by atoms with Crippen LogP contribution >= 0.6 is 7.82 Å². The predicted octanol–water partition coefficient (Wildman–Crippen LogP) is 5.83. The third kappa shape index (κ3) is 11.3. The smallest absolute Gasteiger partial charge is 0.394 e. The number of phosphoric acid groups is 1. The number of allylic oxidation sites excluding steroid dienone is 6. The zero-order valence-electron chi connectivity index (χ0n) is 20.5. The summed E-state index contributed by atoms with van der Waals surface area (Å²) >= 11 is 0. The Balaban J connectivity index is 1.74. The van der Waals surface area contributed by atoms with E-state index < -0.39 is 13.4 Å². The molecule has 0 fully saturated rings. The van der Waals surface area contributed by atoms with Gasteiger partial charge in [0.15, 0.2) is 0 Å². The van der Waals surface area contributed by atoms with Crippen molar-refractivity contribution < 1.29 is 24.0 Å². The van der Waals surface area contributed by atoms with Crippen LogP contribution in [-0.4, -0.2) is 33.6 Å². The molecular weight excluding hydrogens is 449 g/mol. The number of phosphoric ester groups is 1. The van der Waals surface area contributed by atoms with Crippen LogP contribution in [0.1, 0.15) is 82.3 Å². The highest BCUT2D eigenvalue weighted by Gasteiger charge is 2.28. The second kappa shape index (κ2) is 14.8. The molecule has 0 heterocycles. The van der Waals surface area contributed by atoms with E-state index in [1.54, 1.807) is 0 Å². The maximum atomic E-state index is 10.9. The van der Waals surface area contributed by atoms with Crippen LogP contribution in [0.3, 0.4) is 0 Å². The maximum absolute atomic E-state index is 10.9. The number of rotatable bonds is 16. The lowest BCUT2D eigenvalue weighted by Crippen LogP contribution is -2.47. The third-order valence-electron chi connectivity index (χ3n) is 6.28. The standard InChI is InChI=1S/C27H42NO5P/c1-2-3-4-6-10-23-12-9-13-25(17-14-23)26-18-15-24(16-19-26)11-7-5-8-20-27(28,21-29)22-33-34(30,31)32/h12-19,29H,2-11,20-22,28H2,1H3,(H2,30,31,32). The van der Waals surface area contributed by atoms with Gasteiger partial charge in [-0.05, 0) is 55.2 Å². The molecule has 0 saturated carbocycles. The average Bonchev–Trinajstić information content (AvgIpc) is 3.06. The summed E-state index contributed by atoms with van der Waals surface area (Å²) in [6.45, 7) is 1.50. The molecular formula is C27H42NO5P. The zero-order valence-corrected chi connectivity index (χ0v) is 21.4. The third-order valence-corrected chi connectivity index (χ3v) is 6.74. The van der Waals surface area contributed by atoms with Crippen molar-refractivity contribution in [3.8, 4) is 0 Å². The molecule has 1 aliphatic carbocycles. The Morgan fingerprint density at radius 1 is 0.971 bits per heavy atom. The molecule has 0 aromatic heterocycles. The van der Waals surface area contributed by atoms with E-state index in [4.69, 9.17) is 15.5 Å². The Hall–Kier alpha value is -1.53. The summed E-state index contributed by atoms with van der Waals surface area (Å²) < 4.78 is 15.3. The first kappa shape index (κ1) is 28.7. The number of unbranched alkanes of at least 4 members (excludes halogenated alkanes) is 5. The van der Waals surface area contributed by atoms with Gasteiger partial charge >= 0.3 is 7.82 Å². The minimum atomic E-state index is -4.59. The van der Waals surface area contributed by atoms with Crippen molar-refractivity contribution in [2.24, 2.45) is 5.73 Å². The van der Waals surface area contributed by atoms with Crippen molar-refractivity contribution in [3.05, 3.63) is 65.3 Å². The number of benzene rings is 1. The van der Waals surface area contributed by atoms with Gasteiger partial charge in [0.1, 0.15) is 0 Å². The molecule has 0 radical (unpaired) electrons. The molecule has 0 aliphatic heterocycles. The number of aryl methyl sites for hydroxylation is 1. The highest BCUT2D eigenvalue weighted by atomic mass is 31.2. The van der Waals surface area contributed by atoms with Gasteiger partial charge in [-0.25, -0.2) is 4.57 Å². The van der Waals surface area contributed by atoms with Crippen molar-refractivity contribution in [2.75, 3.05) is 13.2 Å². The Labute approximate surface area is 204 Å². The van der Waals surface area contributed by atoms with E-state index in [0.29, 0.717) is 6.42 Å². The van der Waals surface area contributed by atoms with Crippen molar-refractivity contribution >= 4 is 13.4 Å². The Morgan fingerprint density at radius 3 is 2.35 bits per heavy atom. The zero-order chi connectivity index (χ0) is 24.9. The van der Waals surface area contributed by atoms with Crippen LogP contribution in [0.25, 0.3) is 5.57 Å². The van der Waals surface area contributed by atoms with Crippen molar-refractivity contribution in [1.82, 2.24) is 0 Å². The molecule has 7 heteroatoms. The number of aliphatic hydroxyl groups excluding tert-OH is 1. The predicted molar refractivity (Wildman–Crippen MR) is 139 cm³/mol. The second-order valence-corrected chi connectivity index (χ2v) is 10.6. The molecule has 0 bridgehead atoms. The van der Waals surface area contributed by atoms with Gasteiger partial charge in [-0.15, -0.1) is 0 Å². The SMILES string of the molecule is CCCCCCC1=CCC=C(c2ccc(CCCCCC(N)(CO)COP(=O)(O)O)cc2)C=C1. The molecule has 1 aliphatic rings. The van der Waals surface area contributed by atoms with Crippen LogP contribution in [-0.2, 0) is 15.5 Å². The van der Waals surface area contributed by atoms with Crippen LogP contribution in [0.15, 0.2) is 54.1 Å². The summed E-state index contributed by atoms with van der Waals surface area (Å²) in [5.41, 5.74) is 10.1. The maximum Gasteiger partial charge on any atom is 0.469 e. The molecule has 1 unspecified atom stereocenters.